The Kier molecular flexibility index (Phi) is 6.80. The molecule has 37 heavy (non-hydrogen) atoms. The van der Waals surface area contributed by atoms with Crippen LogP contribution in [0.4, 0.5) is 0 Å². The lowest BCUT2D eigenvalue weighted by atomic mass is 10.0. The minimum Gasteiger partial charge on any atom is -0.494 e. The van der Waals surface area contributed by atoms with Crippen LogP contribution in [0.25, 0.3) is 22.0 Å². The van der Waals surface area contributed by atoms with E-state index in [4.69, 9.17) is 13.9 Å². The highest BCUT2D eigenvalue weighted by atomic mass is 16.5. The number of carbonyl (C=O) groups is 2. The Labute approximate surface area is 212 Å². The number of hydrogen-bond acceptors (Lipinski definition) is 6. The van der Waals surface area contributed by atoms with Gasteiger partial charge in [0.25, 0.3) is 5.91 Å². The maximum Gasteiger partial charge on any atom is 0.379 e. The molecule has 0 atom stereocenters. The fraction of sp³-hybridized carbons (Fsp3) is 0.0690. The fourth-order valence-corrected chi connectivity index (χ4v) is 3.94. The van der Waals surface area contributed by atoms with Crippen molar-refractivity contribution in [2.24, 2.45) is 5.10 Å². The van der Waals surface area contributed by atoms with Crippen LogP contribution in [0.15, 0.2) is 101 Å². The molecule has 2 heterocycles. The maximum absolute atomic E-state index is 13.2. The summed E-state index contributed by atoms with van der Waals surface area (Å²) in [5.74, 6) is 0.0267. The van der Waals surface area contributed by atoms with Crippen molar-refractivity contribution < 1.29 is 23.5 Å². The molecule has 0 bridgehead atoms. The highest BCUT2D eigenvalue weighted by molar-refractivity contribution is 6.10. The van der Waals surface area contributed by atoms with Gasteiger partial charge in [-0.25, -0.2) is 10.2 Å². The van der Waals surface area contributed by atoms with E-state index in [0.717, 1.165) is 27.8 Å². The zero-order valence-electron chi connectivity index (χ0n) is 19.9. The molecule has 8 nitrogen and oxygen atoms in total. The first-order chi connectivity index (χ1) is 18.1. The average molecular weight is 494 g/mol. The summed E-state index contributed by atoms with van der Waals surface area (Å²) in [7, 11) is 0. The number of hydrazone groups is 1. The van der Waals surface area contributed by atoms with Crippen molar-refractivity contribution in [1.82, 2.24) is 10.4 Å². The van der Waals surface area contributed by atoms with Gasteiger partial charge in [-0.1, -0.05) is 42.5 Å². The standard InChI is InChI=1S/C29H23N3O5/c1-2-35-21-14-15-23-22(17-21)26(19-9-4-3-5-10-19)27(31-23)28(33)32-30-18-20-11-6-7-12-24(20)37-29(34)25-13-8-16-36-25/h3-18,31H,2H2,1H3,(H,32,33). The van der Waals surface area contributed by atoms with Crippen molar-refractivity contribution in [3.63, 3.8) is 0 Å². The number of hydrogen-bond donors (Lipinski definition) is 2. The lowest BCUT2D eigenvalue weighted by molar-refractivity contribution is 0.0701. The number of nitrogens with zero attached hydrogens (tertiary/aromatic N) is 1. The number of aromatic nitrogens is 1. The molecule has 5 aromatic rings. The molecule has 0 aliphatic rings. The van der Waals surface area contributed by atoms with Gasteiger partial charge in [0.05, 0.1) is 19.1 Å². The maximum atomic E-state index is 13.2. The third kappa shape index (κ3) is 5.13. The van der Waals surface area contributed by atoms with Gasteiger partial charge in [0.15, 0.2) is 0 Å². The van der Waals surface area contributed by atoms with Crippen LogP contribution >= 0.6 is 0 Å². The van der Waals surface area contributed by atoms with Crippen molar-refractivity contribution >= 4 is 29.0 Å². The third-order valence-corrected chi connectivity index (χ3v) is 5.58. The lowest BCUT2D eigenvalue weighted by Gasteiger charge is -2.07. The number of aromatic amines is 1. The Morgan fingerprint density at radius 3 is 2.59 bits per heavy atom. The van der Waals surface area contributed by atoms with Crippen molar-refractivity contribution in [2.75, 3.05) is 6.61 Å². The number of para-hydroxylation sites is 1. The smallest absolute Gasteiger partial charge is 0.379 e. The van der Waals surface area contributed by atoms with E-state index in [0.29, 0.717) is 17.9 Å². The fourth-order valence-electron chi connectivity index (χ4n) is 3.94. The number of ether oxygens (including phenoxy) is 2. The molecular formula is C29H23N3O5. The number of nitrogens with one attached hydrogen (secondary N) is 2. The number of furan rings is 1. The average Bonchev–Trinajstić information content (AvgIpc) is 3.59. The van der Waals surface area contributed by atoms with E-state index in [1.165, 1.54) is 18.5 Å². The molecule has 5 rings (SSSR count). The molecule has 0 fully saturated rings. The highest BCUT2D eigenvalue weighted by Gasteiger charge is 2.20. The van der Waals surface area contributed by atoms with E-state index < -0.39 is 11.9 Å². The quantitative estimate of drug-likeness (QED) is 0.123. The van der Waals surface area contributed by atoms with Crippen molar-refractivity contribution in [1.29, 1.82) is 0 Å². The molecule has 2 N–H and O–H groups in total. The van der Waals surface area contributed by atoms with Crippen LogP contribution in [0.3, 0.4) is 0 Å². The van der Waals surface area contributed by atoms with Crippen LogP contribution < -0.4 is 14.9 Å². The Morgan fingerprint density at radius 1 is 1.00 bits per heavy atom. The van der Waals surface area contributed by atoms with E-state index in [2.05, 4.69) is 15.5 Å². The van der Waals surface area contributed by atoms with Gasteiger partial charge in [-0.15, -0.1) is 0 Å². The largest absolute Gasteiger partial charge is 0.494 e. The zero-order chi connectivity index (χ0) is 25.6. The van der Waals surface area contributed by atoms with Gasteiger partial charge in [-0.05, 0) is 55.0 Å². The molecule has 0 saturated carbocycles. The van der Waals surface area contributed by atoms with Gasteiger partial charge in [-0.2, -0.15) is 5.10 Å². The summed E-state index contributed by atoms with van der Waals surface area (Å²) < 4.78 is 16.2. The number of esters is 1. The number of carbonyl (C=O) groups excluding carboxylic acids is 2. The molecule has 0 unspecified atom stereocenters. The number of H-pyrrole nitrogens is 1. The minimum absolute atomic E-state index is 0.0831. The Morgan fingerprint density at radius 2 is 1.81 bits per heavy atom. The van der Waals surface area contributed by atoms with Crippen LogP contribution in [0.1, 0.15) is 33.5 Å². The Balaban J connectivity index is 1.41. The number of rotatable bonds is 8. The van der Waals surface area contributed by atoms with Crippen LogP contribution in [0.5, 0.6) is 11.5 Å². The first-order valence-corrected chi connectivity index (χ1v) is 11.7. The van der Waals surface area contributed by atoms with E-state index >= 15 is 0 Å². The highest BCUT2D eigenvalue weighted by Crippen LogP contribution is 2.34. The molecule has 0 aliphatic heterocycles. The summed E-state index contributed by atoms with van der Waals surface area (Å²) in [6, 6.07) is 25.3. The summed E-state index contributed by atoms with van der Waals surface area (Å²) >= 11 is 0. The van der Waals surface area contributed by atoms with E-state index in [9.17, 15) is 9.59 Å². The Hall–Kier alpha value is -5.11. The van der Waals surface area contributed by atoms with Gasteiger partial charge in [0.2, 0.25) is 5.76 Å². The second-order valence-electron chi connectivity index (χ2n) is 7.99. The van der Waals surface area contributed by atoms with Crippen LogP contribution in [-0.4, -0.2) is 29.7 Å². The normalized spacial score (nSPS) is 11.1. The van der Waals surface area contributed by atoms with E-state index in [1.54, 1.807) is 30.3 Å². The first-order valence-electron chi connectivity index (χ1n) is 11.7. The predicted octanol–water partition coefficient (Wildman–Crippen LogP) is 5.81. The molecular weight excluding hydrogens is 470 g/mol. The molecule has 0 aliphatic carbocycles. The zero-order valence-corrected chi connectivity index (χ0v) is 19.9. The molecule has 0 radical (unpaired) electrons. The van der Waals surface area contributed by atoms with Crippen molar-refractivity contribution in [2.45, 2.75) is 6.92 Å². The first kappa shape index (κ1) is 23.6. The monoisotopic (exact) mass is 493 g/mol. The molecule has 2 aromatic heterocycles. The second kappa shape index (κ2) is 10.7. The van der Waals surface area contributed by atoms with E-state index in [-0.39, 0.29) is 11.5 Å². The number of amides is 1. The summed E-state index contributed by atoms with van der Waals surface area (Å²) in [5, 5.41) is 4.98. The summed E-state index contributed by atoms with van der Waals surface area (Å²) in [6.07, 6.45) is 2.81. The summed E-state index contributed by atoms with van der Waals surface area (Å²) in [5.41, 5.74) is 5.87. The SMILES string of the molecule is CCOc1ccc2[nH]c(C(=O)NN=Cc3ccccc3OC(=O)c3ccco3)c(-c3ccccc3)c2c1. The van der Waals surface area contributed by atoms with Gasteiger partial charge >= 0.3 is 5.97 Å². The Bertz CT molecular complexity index is 1570. The lowest BCUT2D eigenvalue weighted by Crippen LogP contribution is -2.19. The molecule has 1 amide bonds. The topological polar surface area (TPSA) is 106 Å². The number of benzene rings is 3. The van der Waals surface area contributed by atoms with Crippen molar-refractivity contribution in [3.05, 3.63) is 108 Å². The minimum atomic E-state index is -0.633. The second-order valence-corrected chi connectivity index (χ2v) is 7.99. The van der Waals surface area contributed by atoms with Crippen molar-refractivity contribution in [3.8, 4) is 22.6 Å². The van der Waals surface area contributed by atoms with Crippen LogP contribution in [0.2, 0.25) is 0 Å². The van der Waals surface area contributed by atoms with Gasteiger partial charge in [-0.3, -0.25) is 4.79 Å². The summed E-state index contributed by atoms with van der Waals surface area (Å²) in [4.78, 5) is 28.7. The molecule has 0 saturated heterocycles. The van der Waals surface area contributed by atoms with Gasteiger partial charge in [0, 0.05) is 22.0 Å². The molecule has 8 heteroatoms. The van der Waals surface area contributed by atoms with E-state index in [1.807, 2.05) is 55.5 Å². The summed E-state index contributed by atoms with van der Waals surface area (Å²) in [6.45, 7) is 2.46. The number of fused-ring (bicyclic) bond motifs is 1. The molecule has 0 spiro atoms. The van der Waals surface area contributed by atoms with Crippen LogP contribution in [-0.2, 0) is 0 Å². The van der Waals surface area contributed by atoms with Crippen LogP contribution in [0, 0.1) is 0 Å². The molecule has 3 aromatic carbocycles. The third-order valence-electron chi connectivity index (χ3n) is 5.58. The van der Waals surface area contributed by atoms with Gasteiger partial charge in [0.1, 0.15) is 17.2 Å². The molecule has 184 valence electrons. The van der Waals surface area contributed by atoms with Gasteiger partial charge < -0.3 is 18.9 Å². The predicted molar refractivity (Wildman–Crippen MR) is 140 cm³/mol.